The van der Waals surface area contributed by atoms with Crippen LogP contribution in [0.25, 0.3) is 0 Å². The molecule has 1 saturated heterocycles. The van der Waals surface area contributed by atoms with Crippen LogP contribution >= 0.6 is 11.8 Å². The molecule has 2 fully saturated rings. The van der Waals surface area contributed by atoms with Gasteiger partial charge in [-0.2, -0.15) is 0 Å². The van der Waals surface area contributed by atoms with Crippen molar-refractivity contribution in [3.8, 4) is 0 Å². The highest BCUT2D eigenvalue weighted by Gasteiger charge is 2.35. The lowest BCUT2D eigenvalue weighted by Crippen LogP contribution is -2.36. The van der Waals surface area contributed by atoms with Gasteiger partial charge in [0, 0.05) is 24.4 Å². The van der Waals surface area contributed by atoms with Crippen LogP contribution in [0, 0.1) is 0 Å². The molecule has 0 radical (unpaired) electrons. The van der Waals surface area contributed by atoms with Crippen molar-refractivity contribution in [2.45, 2.75) is 82.5 Å². The zero-order chi connectivity index (χ0) is 19.2. The molecule has 0 aromatic heterocycles. The summed E-state index contributed by atoms with van der Waals surface area (Å²) < 4.78 is 0. The third-order valence-electron chi connectivity index (χ3n) is 5.79. The van der Waals surface area contributed by atoms with Gasteiger partial charge in [-0.3, -0.25) is 9.79 Å². The van der Waals surface area contributed by atoms with Gasteiger partial charge in [-0.15, -0.1) is 0 Å². The maximum absolute atomic E-state index is 12.6. The van der Waals surface area contributed by atoms with Crippen molar-refractivity contribution in [2.24, 2.45) is 4.99 Å². The molecule has 148 valence electrons. The molecule has 2 unspecified atom stereocenters. The normalized spacial score (nSPS) is 25.6. The molecular formula is C22H33N3OS. The number of aliphatic imine (C=N–C) groups is 1. The third kappa shape index (κ3) is 5.50. The second-order valence-electron chi connectivity index (χ2n) is 7.86. The number of benzene rings is 1. The molecule has 4 nitrogen and oxygen atoms in total. The average molecular weight is 388 g/mol. The number of rotatable bonds is 5. The van der Waals surface area contributed by atoms with Crippen LogP contribution in [0.4, 0.5) is 5.69 Å². The molecule has 1 aromatic rings. The molecule has 3 rings (SSSR count). The molecule has 2 atom stereocenters. The van der Waals surface area contributed by atoms with Crippen LogP contribution in [0.3, 0.4) is 0 Å². The molecule has 1 amide bonds. The fourth-order valence-corrected chi connectivity index (χ4v) is 5.26. The van der Waals surface area contributed by atoms with Gasteiger partial charge in [-0.05, 0) is 37.0 Å². The van der Waals surface area contributed by atoms with Gasteiger partial charge in [0.25, 0.3) is 0 Å². The van der Waals surface area contributed by atoms with E-state index in [0.29, 0.717) is 17.7 Å². The Morgan fingerprint density at radius 3 is 2.48 bits per heavy atom. The molecule has 0 spiro atoms. The molecule has 1 saturated carbocycles. The van der Waals surface area contributed by atoms with Crippen molar-refractivity contribution in [3.05, 3.63) is 29.8 Å². The number of amides is 1. The van der Waals surface area contributed by atoms with Crippen molar-refractivity contribution in [3.63, 3.8) is 0 Å². The van der Waals surface area contributed by atoms with Crippen LogP contribution in [-0.4, -0.2) is 40.4 Å². The third-order valence-corrected chi connectivity index (χ3v) is 7.08. The van der Waals surface area contributed by atoms with E-state index in [0.717, 1.165) is 17.3 Å². The van der Waals surface area contributed by atoms with Crippen molar-refractivity contribution < 1.29 is 4.79 Å². The topological polar surface area (TPSA) is 44.7 Å². The van der Waals surface area contributed by atoms with E-state index in [1.54, 1.807) is 0 Å². The molecule has 1 N–H and O–H groups in total. The quantitative estimate of drug-likeness (QED) is 0.716. The Hall–Kier alpha value is -1.49. The van der Waals surface area contributed by atoms with Crippen LogP contribution in [0.15, 0.2) is 29.3 Å². The number of amidine groups is 1. The predicted octanol–water partition coefficient (Wildman–Crippen LogP) is 5.09. The highest BCUT2D eigenvalue weighted by Crippen LogP contribution is 2.33. The van der Waals surface area contributed by atoms with Gasteiger partial charge >= 0.3 is 0 Å². The lowest BCUT2D eigenvalue weighted by molar-refractivity contribution is -0.117. The second-order valence-corrected chi connectivity index (χ2v) is 9.21. The molecule has 2 aliphatic rings. The Balaban J connectivity index is 1.58. The fourth-order valence-electron chi connectivity index (χ4n) is 3.98. The van der Waals surface area contributed by atoms with Gasteiger partial charge in [0.05, 0.1) is 12.1 Å². The number of aryl methyl sites for hydroxylation is 1. The van der Waals surface area contributed by atoms with Crippen molar-refractivity contribution >= 4 is 28.5 Å². The first kappa shape index (κ1) is 20.2. The first-order valence-corrected chi connectivity index (χ1v) is 11.3. The van der Waals surface area contributed by atoms with Gasteiger partial charge in [0.2, 0.25) is 5.91 Å². The van der Waals surface area contributed by atoms with Crippen molar-refractivity contribution in [1.82, 2.24) is 4.90 Å². The first-order chi connectivity index (χ1) is 13.1. The average Bonchev–Trinajstić information content (AvgIpc) is 2.85. The molecule has 0 bridgehead atoms. The molecular weight excluding hydrogens is 354 g/mol. The standard InChI is InChI=1S/C22H33N3OS/c1-4-17-11-13-19(14-12-17)23-21(26)15-20-16(2)27-22(25(20)3)24-18-9-7-5-6-8-10-18/h11-14,16,18,20H,4-10,15H2,1-3H3,(H,23,26). The molecule has 1 heterocycles. The Morgan fingerprint density at radius 2 is 1.85 bits per heavy atom. The zero-order valence-corrected chi connectivity index (χ0v) is 17.7. The lowest BCUT2D eigenvalue weighted by atomic mass is 10.1. The number of nitrogens with zero attached hydrogens (tertiary/aromatic N) is 2. The smallest absolute Gasteiger partial charge is 0.226 e. The van der Waals surface area contributed by atoms with Gasteiger partial charge < -0.3 is 10.2 Å². The highest BCUT2D eigenvalue weighted by atomic mass is 32.2. The van der Waals surface area contributed by atoms with Crippen molar-refractivity contribution in [2.75, 3.05) is 12.4 Å². The number of carbonyl (C=O) groups is 1. The molecule has 1 aliphatic carbocycles. The summed E-state index contributed by atoms with van der Waals surface area (Å²) in [5, 5.41) is 4.56. The van der Waals surface area contributed by atoms with Gasteiger partial charge in [-0.1, -0.05) is 63.4 Å². The Labute approximate surface area is 168 Å². The minimum absolute atomic E-state index is 0.0827. The SMILES string of the molecule is CCc1ccc(NC(=O)CC2C(C)SC(=NC3CCCCCC3)N2C)cc1. The van der Waals surface area contributed by atoms with E-state index in [1.165, 1.54) is 44.1 Å². The summed E-state index contributed by atoms with van der Waals surface area (Å²) in [7, 11) is 2.10. The van der Waals surface area contributed by atoms with E-state index in [9.17, 15) is 4.79 Å². The second kappa shape index (κ2) is 9.63. The number of thioether (sulfide) groups is 1. The molecule has 1 aliphatic heterocycles. The summed E-state index contributed by atoms with van der Waals surface area (Å²) in [6.45, 7) is 4.35. The van der Waals surface area contributed by atoms with Crippen LogP contribution in [0.5, 0.6) is 0 Å². The number of hydrogen-bond acceptors (Lipinski definition) is 3. The van der Waals surface area contributed by atoms with E-state index in [4.69, 9.17) is 4.99 Å². The molecule has 5 heteroatoms. The minimum Gasteiger partial charge on any atom is -0.350 e. The van der Waals surface area contributed by atoms with Crippen molar-refractivity contribution in [1.29, 1.82) is 0 Å². The summed E-state index contributed by atoms with van der Waals surface area (Å²) in [4.78, 5) is 19.9. The van der Waals surface area contributed by atoms with E-state index in [2.05, 4.69) is 43.2 Å². The van der Waals surface area contributed by atoms with Gasteiger partial charge in [0.15, 0.2) is 5.17 Å². The van der Waals surface area contributed by atoms with Crippen LogP contribution in [0.2, 0.25) is 0 Å². The maximum atomic E-state index is 12.6. The van der Waals surface area contributed by atoms with Gasteiger partial charge in [-0.25, -0.2) is 0 Å². The first-order valence-electron chi connectivity index (χ1n) is 10.4. The molecule has 27 heavy (non-hydrogen) atoms. The summed E-state index contributed by atoms with van der Waals surface area (Å²) in [5.74, 6) is 0.0827. The van der Waals surface area contributed by atoms with E-state index in [1.807, 2.05) is 23.9 Å². The van der Waals surface area contributed by atoms with Crippen LogP contribution in [0.1, 0.15) is 64.4 Å². The number of nitrogens with one attached hydrogen (secondary N) is 1. The van der Waals surface area contributed by atoms with Crippen LogP contribution < -0.4 is 5.32 Å². The van der Waals surface area contributed by atoms with E-state index in [-0.39, 0.29) is 11.9 Å². The number of hydrogen-bond donors (Lipinski definition) is 1. The minimum atomic E-state index is 0.0827. The summed E-state index contributed by atoms with van der Waals surface area (Å²) in [6, 6.07) is 8.81. The zero-order valence-electron chi connectivity index (χ0n) is 16.9. The summed E-state index contributed by atoms with van der Waals surface area (Å²) >= 11 is 1.83. The van der Waals surface area contributed by atoms with Gasteiger partial charge in [0.1, 0.15) is 0 Å². The van der Waals surface area contributed by atoms with E-state index < -0.39 is 0 Å². The van der Waals surface area contributed by atoms with Crippen LogP contribution in [-0.2, 0) is 11.2 Å². The van der Waals surface area contributed by atoms with E-state index >= 15 is 0 Å². The predicted molar refractivity (Wildman–Crippen MR) is 117 cm³/mol. The highest BCUT2D eigenvalue weighted by molar-refractivity contribution is 8.14. The summed E-state index contributed by atoms with van der Waals surface area (Å²) in [6.07, 6.45) is 9.24. The lowest BCUT2D eigenvalue weighted by Gasteiger charge is -2.23. The largest absolute Gasteiger partial charge is 0.350 e. The Bertz CT molecular complexity index is 650. The number of anilines is 1. The Kier molecular flexibility index (Phi) is 7.22. The summed E-state index contributed by atoms with van der Waals surface area (Å²) in [5.41, 5.74) is 2.17. The number of carbonyl (C=O) groups excluding carboxylic acids is 1. The fraction of sp³-hybridized carbons (Fsp3) is 0.636. The monoisotopic (exact) mass is 387 g/mol. The Morgan fingerprint density at radius 1 is 1.19 bits per heavy atom. The maximum Gasteiger partial charge on any atom is 0.226 e. The molecule has 1 aromatic carbocycles.